The van der Waals surface area contributed by atoms with E-state index in [1.165, 1.54) is 18.2 Å². The quantitative estimate of drug-likeness (QED) is 0.185. The van der Waals surface area contributed by atoms with E-state index < -0.39 is 57.5 Å². The molecular weight excluding hydrogens is 570 g/mol. The molecule has 2 heterocycles. The molecular formula is C28H35N3O10S. The number of aliphatic hydroxyl groups excluding tert-OH is 1. The third-order valence-electron chi connectivity index (χ3n) is 7.82. The highest BCUT2D eigenvalue weighted by Crippen LogP contribution is 2.33. The van der Waals surface area contributed by atoms with Gasteiger partial charge in [0, 0.05) is 12.1 Å². The number of benzene rings is 2. The van der Waals surface area contributed by atoms with Crippen LogP contribution in [0, 0.1) is 16.0 Å². The lowest BCUT2D eigenvalue weighted by molar-refractivity contribution is -0.385. The maximum absolute atomic E-state index is 13.4. The number of non-ortho nitro benzene ring substituents is 1. The first kappa shape index (κ1) is 30.3. The number of nitro groups is 1. The first-order chi connectivity index (χ1) is 20.2. The Morgan fingerprint density at radius 1 is 1.10 bits per heavy atom. The van der Waals surface area contributed by atoms with Crippen LogP contribution < -0.4 is 10.0 Å². The number of nitrogens with zero attached hydrogens (tertiary/aromatic N) is 1. The second kappa shape index (κ2) is 13.4. The second-order valence-corrected chi connectivity index (χ2v) is 12.5. The minimum absolute atomic E-state index is 0.0894. The van der Waals surface area contributed by atoms with E-state index in [1.54, 1.807) is 0 Å². The van der Waals surface area contributed by atoms with E-state index in [2.05, 4.69) is 10.0 Å². The summed E-state index contributed by atoms with van der Waals surface area (Å²) in [6, 6.07) is 12.6. The average Bonchev–Trinajstić information content (AvgIpc) is 3.73. The molecule has 13 nitrogen and oxygen atoms in total. The number of amides is 1. The molecule has 3 N–H and O–H groups in total. The summed E-state index contributed by atoms with van der Waals surface area (Å²) in [5, 5.41) is 25.6. The summed E-state index contributed by atoms with van der Waals surface area (Å²) in [4.78, 5) is 23.3. The van der Waals surface area contributed by atoms with E-state index in [-0.39, 0.29) is 29.9 Å². The number of ether oxygens (including phenoxy) is 4. The molecule has 3 fully saturated rings. The number of hydrogen-bond acceptors (Lipinski definition) is 10. The summed E-state index contributed by atoms with van der Waals surface area (Å²) in [5.41, 5.74) is 0.375. The molecule has 0 bridgehead atoms. The Labute approximate surface area is 243 Å². The van der Waals surface area contributed by atoms with Gasteiger partial charge < -0.3 is 29.4 Å². The second-order valence-electron chi connectivity index (χ2n) is 10.7. The van der Waals surface area contributed by atoms with Crippen molar-refractivity contribution in [2.24, 2.45) is 5.92 Å². The van der Waals surface area contributed by atoms with Crippen LogP contribution in [0.2, 0.25) is 0 Å². The number of sulfonamides is 1. The fourth-order valence-corrected chi connectivity index (χ4v) is 6.77. The summed E-state index contributed by atoms with van der Waals surface area (Å²) in [6.45, 7) is 0.697. The number of carbonyl (C=O) groups is 1. The van der Waals surface area contributed by atoms with Crippen molar-refractivity contribution in [1.82, 2.24) is 10.0 Å². The Hall–Kier alpha value is -3.14. The fraction of sp³-hybridized carbons (Fsp3) is 0.536. The highest BCUT2D eigenvalue weighted by atomic mass is 32.2. The zero-order valence-corrected chi connectivity index (χ0v) is 23.7. The van der Waals surface area contributed by atoms with Crippen molar-refractivity contribution in [2.45, 2.75) is 80.3 Å². The lowest BCUT2D eigenvalue weighted by atomic mass is 10.00. The topological polar surface area (TPSA) is 176 Å². The SMILES string of the molecule is O=C(N[C@@H](Cc1ccccc1)[C@@H](O)C(NS(=O)(=O)c1cccc([N+](=O)[O-])c1)OC1CCCC1)O[C@@H]1CO[C@@H]2OCC[C@@H]21. The van der Waals surface area contributed by atoms with Gasteiger partial charge in [-0.25, -0.2) is 13.2 Å². The van der Waals surface area contributed by atoms with Gasteiger partial charge in [-0.05, 0) is 37.3 Å². The number of carbonyl (C=O) groups excluding carboxylic acids is 1. The van der Waals surface area contributed by atoms with E-state index in [9.17, 15) is 28.4 Å². The van der Waals surface area contributed by atoms with Crippen molar-refractivity contribution < 1.29 is 42.2 Å². The van der Waals surface area contributed by atoms with Gasteiger partial charge in [0.15, 0.2) is 6.29 Å². The van der Waals surface area contributed by atoms with Crippen LogP contribution >= 0.6 is 0 Å². The number of aliphatic hydroxyl groups is 1. The molecule has 1 unspecified atom stereocenters. The van der Waals surface area contributed by atoms with Gasteiger partial charge in [0.2, 0.25) is 10.0 Å². The smallest absolute Gasteiger partial charge is 0.407 e. The van der Waals surface area contributed by atoms with Gasteiger partial charge in [0.1, 0.15) is 18.4 Å². The number of alkyl carbamates (subject to hydrolysis) is 1. The number of nitro benzene ring substituents is 1. The Morgan fingerprint density at radius 2 is 1.86 bits per heavy atom. The Balaban J connectivity index is 1.37. The lowest BCUT2D eigenvalue weighted by Crippen LogP contribution is -2.57. The molecule has 2 saturated heterocycles. The van der Waals surface area contributed by atoms with Gasteiger partial charge in [0.05, 0.1) is 41.1 Å². The Kier molecular flexibility index (Phi) is 9.70. The normalized spacial score (nSPS) is 24.5. The molecule has 1 amide bonds. The number of nitrogens with one attached hydrogen (secondary N) is 2. The zero-order valence-electron chi connectivity index (χ0n) is 22.9. The molecule has 0 radical (unpaired) electrons. The molecule has 14 heteroatoms. The van der Waals surface area contributed by atoms with E-state index in [1.807, 2.05) is 30.3 Å². The summed E-state index contributed by atoms with van der Waals surface area (Å²) < 4.78 is 51.9. The van der Waals surface area contributed by atoms with Gasteiger partial charge in [-0.15, -0.1) is 0 Å². The fourth-order valence-electron chi connectivity index (χ4n) is 5.60. The van der Waals surface area contributed by atoms with E-state index in [4.69, 9.17) is 18.9 Å². The molecule has 5 rings (SSSR count). The summed E-state index contributed by atoms with van der Waals surface area (Å²) in [6.07, 6.45) is -1.15. The predicted molar refractivity (Wildman–Crippen MR) is 148 cm³/mol. The van der Waals surface area contributed by atoms with Crippen molar-refractivity contribution in [1.29, 1.82) is 0 Å². The largest absolute Gasteiger partial charge is 0.443 e. The molecule has 0 spiro atoms. The van der Waals surface area contributed by atoms with Crippen molar-refractivity contribution in [3.05, 3.63) is 70.3 Å². The first-order valence-electron chi connectivity index (χ1n) is 14.0. The summed E-state index contributed by atoms with van der Waals surface area (Å²) in [5.74, 6) is -0.0894. The van der Waals surface area contributed by atoms with Crippen LogP contribution in [-0.4, -0.2) is 74.6 Å². The Bertz CT molecular complexity index is 1340. The zero-order chi connectivity index (χ0) is 29.7. The van der Waals surface area contributed by atoms with Crippen LogP contribution in [0.3, 0.4) is 0 Å². The molecule has 42 heavy (non-hydrogen) atoms. The monoisotopic (exact) mass is 605 g/mol. The lowest BCUT2D eigenvalue weighted by Gasteiger charge is -2.33. The minimum Gasteiger partial charge on any atom is -0.443 e. The van der Waals surface area contributed by atoms with Gasteiger partial charge in [-0.1, -0.05) is 49.2 Å². The molecule has 3 aliphatic rings. The van der Waals surface area contributed by atoms with Gasteiger partial charge in [0.25, 0.3) is 5.69 Å². The molecule has 2 aromatic rings. The van der Waals surface area contributed by atoms with Gasteiger partial charge >= 0.3 is 6.09 Å². The standard InChI is InChI=1S/C28H35N3O10S/c32-25(26(40-20-10-4-5-11-20)30-42(36,37)21-12-6-9-19(16-21)31(34)35)23(15-18-7-2-1-3-8-18)29-28(33)41-24-17-39-27-22(24)13-14-38-27/h1-3,6-9,12,16,20,22-27,30,32H,4-5,10-11,13-15,17H2,(H,29,33)/t22-,23+,24-,25-,26?,27+/m1/s1. The van der Waals surface area contributed by atoms with Crippen molar-refractivity contribution in [2.75, 3.05) is 13.2 Å². The van der Waals surface area contributed by atoms with Crippen LogP contribution in [-0.2, 0) is 35.4 Å². The van der Waals surface area contributed by atoms with E-state index in [0.717, 1.165) is 24.5 Å². The van der Waals surface area contributed by atoms with Crippen LogP contribution in [0.15, 0.2) is 59.5 Å². The molecule has 6 atom stereocenters. The maximum atomic E-state index is 13.4. The molecule has 1 aliphatic carbocycles. The molecule has 1 saturated carbocycles. The van der Waals surface area contributed by atoms with E-state index >= 15 is 0 Å². The van der Waals surface area contributed by atoms with Crippen LogP contribution in [0.25, 0.3) is 0 Å². The molecule has 2 aliphatic heterocycles. The van der Waals surface area contributed by atoms with E-state index in [0.29, 0.717) is 25.9 Å². The third kappa shape index (κ3) is 7.43. The third-order valence-corrected chi connectivity index (χ3v) is 9.24. The number of hydrogen-bond donors (Lipinski definition) is 3. The number of rotatable bonds is 12. The highest BCUT2D eigenvalue weighted by molar-refractivity contribution is 7.89. The highest BCUT2D eigenvalue weighted by Gasteiger charge is 2.44. The van der Waals surface area contributed by atoms with Crippen LogP contribution in [0.5, 0.6) is 0 Å². The average molecular weight is 606 g/mol. The van der Waals surface area contributed by atoms with Gasteiger partial charge in [-0.3, -0.25) is 10.1 Å². The maximum Gasteiger partial charge on any atom is 0.407 e. The van der Waals surface area contributed by atoms with Crippen molar-refractivity contribution in [3.63, 3.8) is 0 Å². The van der Waals surface area contributed by atoms with Crippen LogP contribution in [0.1, 0.15) is 37.7 Å². The minimum atomic E-state index is -4.38. The van der Waals surface area contributed by atoms with Crippen molar-refractivity contribution in [3.8, 4) is 0 Å². The Morgan fingerprint density at radius 3 is 2.60 bits per heavy atom. The van der Waals surface area contributed by atoms with Crippen molar-refractivity contribution >= 4 is 21.8 Å². The van der Waals surface area contributed by atoms with Crippen LogP contribution in [0.4, 0.5) is 10.5 Å². The van der Waals surface area contributed by atoms with Gasteiger partial charge in [-0.2, -0.15) is 4.72 Å². The summed E-state index contributed by atoms with van der Waals surface area (Å²) in [7, 11) is -4.38. The number of fused-ring (bicyclic) bond motifs is 1. The molecule has 0 aromatic heterocycles. The summed E-state index contributed by atoms with van der Waals surface area (Å²) >= 11 is 0. The predicted octanol–water partition coefficient (Wildman–Crippen LogP) is 2.62. The molecule has 2 aromatic carbocycles. The first-order valence-corrected chi connectivity index (χ1v) is 15.5. The molecule has 228 valence electrons.